The fraction of sp³-hybridized carbons (Fsp3) is 0.435. The molecule has 328 valence electrons. The molecule has 2 fully saturated rings. The number of aromatic nitrogens is 6. The van der Waals surface area contributed by atoms with Crippen LogP contribution < -0.4 is 10.6 Å². The summed E-state index contributed by atoms with van der Waals surface area (Å²) in [5.74, 6) is 1.50. The summed E-state index contributed by atoms with van der Waals surface area (Å²) in [5, 5.41) is 36.3. The summed E-state index contributed by atoms with van der Waals surface area (Å²) >= 11 is 1.55. The van der Waals surface area contributed by atoms with Crippen LogP contribution in [0.25, 0.3) is 33.8 Å². The van der Waals surface area contributed by atoms with Crippen LogP contribution >= 0.6 is 11.8 Å². The Kier molecular flexibility index (Phi) is 12.7. The standard InChI is InChI=1S/C23H28N4O4S.C23H28N4O2S/c1-14-9-16(7-8-17(14)20(28)10-15-5-6-15)19-12-24-22-18(25-13-23(2,3)29)11-21(26-27(19)22)32(4,30)31;1-14-9-16(7-8-17(14)20(28)10-15-5-6-15)19-12-24-22-18(25-13-23(2,3)29)11-21(30-4)26-27(19)22/h7-9,11-12,15,25,29H,5-6,10,13H2,1-4H3;7-9,11-12,15,25,29H,5-6,10,13H2,1-4H3. The smallest absolute Gasteiger partial charge is 0.194 e. The maximum atomic E-state index is 12.6. The van der Waals surface area contributed by atoms with Crippen molar-refractivity contribution >= 4 is 55.8 Å². The van der Waals surface area contributed by atoms with Gasteiger partial charge in [0.15, 0.2) is 37.7 Å². The molecular formula is C46H56N8O6S2. The summed E-state index contributed by atoms with van der Waals surface area (Å²) in [4.78, 5) is 34.1. The first-order valence-corrected chi connectivity index (χ1v) is 24.0. The van der Waals surface area contributed by atoms with Gasteiger partial charge in [-0.3, -0.25) is 9.59 Å². The Morgan fingerprint density at radius 1 is 0.726 bits per heavy atom. The molecule has 0 unspecified atom stereocenters. The quantitative estimate of drug-likeness (QED) is 0.0543. The molecule has 2 aliphatic carbocycles. The molecule has 0 atom stereocenters. The Hall–Kier alpha value is -5.16. The largest absolute Gasteiger partial charge is 0.389 e. The zero-order valence-electron chi connectivity index (χ0n) is 36.6. The average Bonchev–Trinajstić information content (AvgIpc) is 4.11. The zero-order chi connectivity index (χ0) is 44.7. The minimum atomic E-state index is -3.59. The Labute approximate surface area is 366 Å². The number of aryl methyl sites for hydroxylation is 2. The van der Waals surface area contributed by atoms with Crippen LogP contribution in [0.1, 0.15) is 98.1 Å². The minimum absolute atomic E-state index is 0.101. The highest BCUT2D eigenvalue weighted by Crippen LogP contribution is 2.36. The van der Waals surface area contributed by atoms with Gasteiger partial charge in [0, 0.05) is 60.5 Å². The van der Waals surface area contributed by atoms with E-state index in [0.717, 1.165) is 63.3 Å². The van der Waals surface area contributed by atoms with E-state index in [0.29, 0.717) is 59.5 Å². The fourth-order valence-electron chi connectivity index (χ4n) is 7.11. The SMILES string of the molecule is CSc1cc(NCC(C)(C)O)c2ncc(-c3ccc(C(=O)CC4CC4)c(C)c3)n2n1.Cc1cc(-c2cnc3c(NCC(C)(C)O)cc(S(C)(=O)=O)nn23)ccc1C(=O)CC1CC1. The van der Waals surface area contributed by atoms with Crippen LogP contribution in [0.2, 0.25) is 0 Å². The second-order valence-electron chi connectivity index (χ2n) is 18.1. The summed E-state index contributed by atoms with van der Waals surface area (Å²) in [6.45, 7) is 11.3. The van der Waals surface area contributed by atoms with Crippen LogP contribution in [0.5, 0.6) is 0 Å². The van der Waals surface area contributed by atoms with Gasteiger partial charge in [-0.25, -0.2) is 27.4 Å². The van der Waals surface area contributed by atoms with Crippen LogP contribution in [-0.4, -0.2) is 96.2 Å². The first-order chi connectivity index (χ1) is 29.2. The lowest BCUT2D eigenvalue weighted by atomic mass is 9.98. The Morgan fingerprint density at radius 2 is 1.16 bits per heavy atom. The molecule has 4 N–H and O–H groups in total. The lowest BCUT2D eigenvalue weighted by Gasteiger charge is -2.19. The predicted molar refractivity (Wildman–Crippen MR) is 244 cm³/mol. The van der Waals surface area contributed by atoms with Crippen molar-refractivity contribution in [3.8, 4) is 22.5 Å². The van der Waals surface area contributed by atoms with Crippen LogP contribution in [0.4, 0.5) is 11.4 Å². The molecule has 62 heavy (non-hydrogen) atoms. The third-order valence-corrected chi connectivity index (χ3v) is 12.5. The molecule has 2 aliphatic rings. The number of aliphatic hydroxyl groups is 2. The molecule has 4 aromatic heterocycles. The van der Waals surface area contributed by atoms with Gasteiger partial charge in [0.05, 0.1) is 46.4 Å². The number of nitrogens with one attached hydrogen (secondary N) is 2. The lowest BCUT2D eigenvalue weighted by molar-refractivity contribution is 0.0939. The molecule has 14 nitrogen and oxygen atoms in total. The molecule has 8 rings (SSSR count). The van der Waals surface area contributed by atoms with Gasteiger partial charge >= 0.3 is 0 Å². The van der Waals surface area contributed by atoms with E-state index in [1.807, 2.05) is 73.3 Å². The van der Waals surface area contributed by atoms with Crippen molar-refractivity contribution in [3.63, 3.8) is 0 Å². The van der Waals surface area contributed by atoms with E-state index in [4.69, 9.17) is 5.10 Å². The van der Waals surface area contributed by atoms with Crippen molar-refractivity contribution in [1.82, 2.24) is 29.2 Å². The van der Waals surface area contributed by atoms with Gasteiger partial charge in [-0.2, -0.15) is 10.2 Å². The molecule has 16 heteroatoms. The third-order valence-electron chi connectivity index (χ3n) is 10.9. The molecule has 2 saturated carbocycles. The first-order valence-electron chi connectivity index (χ1n) is 20.9. The number of sulfone groups is 1. The molecule has 0 amide bonds. The molecule has 6 aromatic rings. The highest BCUT2D eigenvalue weighted by Gasteiger charge is 2.27. The topological polar surface area (TPSA) is 193 Å². The summed E-state index contributed by atoms with van der Waals surface area (Å²) in [6, 6.07) is 14.9. The van der Waals surface area contributed by atoms with Crippen LogP contribution in [0, 0.1) is 25.7 Å². The van der Waals surface area contributed by atoms with Gasteiger partial charge in [-0.15, -0.1) is 11.8 Å². The van der Waals surface area contributed by atoms with Gasteiger partial charge in [0.1, 0.15) is 5.03 Å². The molecule has 0 radical (unpaired) electrons. The van der Waals surface area contributed by atoms with Crippen molar-refractivity contribution < 1.29 is 28.2 Å². The van der Waals surface area contributed by atoms with Crippen molar-refractivity contribution in [2.24, 2.45) is 11.8 Å². The third kappa shape index (κ3) is 10.9. The number of benzene rings is 2. The highest BCUT2D eigenvalue weighted by molar-refractivity contribution is 7.98. The Morgan fingerprint density at radius 3 is 1.55 bits per heavy atom. The lowest BCUT2D eigenvalue weighted by Crippen LogP contribution is -2.29. The minimum Gasteiger partial charge on any atom is -0.389 e. The first kappa shape index (κ1) is 44.9. The van der Waals surface area contributed by atoms with Gasteiger partial charge in [0.25, 0.3) is 0 Å². The molecule has 2 aromatic carbocycles. The van der Waals surface area contributed by atoms with Crippen LogP contribution in [0.3, 0.4) is 0 Å². The van der Waals surface area contributed by atoms with E-state index in [1.54, 1.807) is 45.7 Å². The molecule has 0 bridgehead atoms. The number of thioether (sulfide) groups is 1. The van der Waals surface area contributed by atoms with Gasteiger partial charge in [-0.05, 0) is 115 Å². The number of anilines is 2. The zero-order valence-corrected chi connectivity index (χ0v) is 38.2. The number of hydrogen-bond acceptors (Lipinski definition) is 13. The average molecular weight is 881 g/mol. The van der Waals surface area contributed by atoms with Crippen molar-refractivity contribution in [3.05, 3.63) is 83.2 Å². The number of carbonyl (C=O) groups is 2. The number of rotatable bonds is 16. The summed E-state index contributed by atoms with van der Waals surface area (Å²) < 4.78 is 27.8. The number of ketones is 2. The number of Topliss-reactive ketones (excluding diaryl/α,β-unsaturated/α-hetero) is 2. The van der Waals surface area contributed by atoms with Gasteiger partial charge in [-0.1, -0.05) is 24.3 Å². The van der Waals surface area contributed by atoms with E-state index < -0.39 is 21.0 Å². The fourth-order valence-corrected chi connectivity index (χ4v) is 8.07. The van der Waals surface area contributed by atoms with E-state index in [1.165, 1.54) is 23.4 Å². The molecule has 0 spiro atoms. The maximum absolute atomic E-state index is 12.6. The van der Waals surface area contributed by atoms with E-state index in [9.17, 15) is 28.2 Å². The summed E-state index contributed by atoms with van der Waals surface area (Å²) in [6.07, 6.45) is 12.4. The summed E-state index contributed by atoms with van der Waals surface area (Å²) in [5.41, 5.74) is 7.22. The van der Waals surface area contributed by atoms with E-state index >= 15 is 0 Å². The Bertz CT molecular complexity index is 2780. The number of nitrogens with zero attached hydrogens (tertiary/aromatic N) is 6. The molecule has 4 heterocycles. The monoisotopic (exact) mass is 880 g/mol. The van der Waals surface area contributed by atoms with Gasteiger partial charge < -0.3 is 20.8 Å². The second-order valence-corrected chi connectivity index (χ2v) is 20.8. The molecule has 0 saturated heterocycles. The Balaban J connectivity index is 0.000000187. The predicted octanol–water partition coefficient (Wildman–Crippen LogP) is 7.87. The van der Waals surface area contributed by atoms with Crippen LogP contribution in [-0.2, 0) is 9.84 Å². The number of carbonyl (C=O) groups excluding carboxylic acids is 2. The molecule has 0 aliphatic heterocycles. The van der Waals surface area contributed by atoms with Crippen molar-refractivity contribution in [2.75, 3.05) is 36.2 Å². The van der Waals surface area contributed by atoms with E-state index in [-0.39, 0.29) is 23.1 Å². The number of hydrogen-bond donors (Lipinski definition) is 4. The van der Waals surface area contributed by atoms with Crippen LogP contribution in [0.15, 0.2) is 71.0 Å². The second kappa shape index (κ2) is 17.5. The van der Waals surface area contributed by atoms with E-state index in [2.05, 4.69) is 25.7 Å². The van der Waals surface area contributed by atoms with Crippen molar-refractivity contribution in [2.45, 2.75) is 101 Å². The number of fused-ring (bicyclic) bond motifs is 2. The molecular weight excluding hydrogens is 825 g/mol. The summed E-state index contributed by atoms with van der Waals surface area (Å²) in [7, 11) is -3.59. The number of imidazole rings is 2. The maximum Gasteiger partial charge on any atom is 0.194 e. The van der Waals surface area contributed by atoms with Gasteiger partial charge in [0.2, 0.25) is 0 Å². The van der Waals surface area contributed by atoms with Crippen molar-refractivity contribution in [1.29, 1.82) is 0 Å². The highest BCUT2D eigenvalue weighted by atomic mass is 32.2. The normalized spacial score (nSPS) is 14.5.